The number of halogens is 1. The van der Waals surface area contributed by atoms with Crippen molar-refractivity contribution in [2.24, 2.45) is 11.1 Å². The lowest BCUT2D eigenvalue weighted by Crippen LogP contribution is -2.41. The fraction of sp³-hybridized carbons (Fsp3) is 0.500. The standard InChI is InChI=1S/C14H21BrN2O2/c1-9(17-8-14(2,3)13(16)18)10-5-6-12(19-4)11(15)7-10/h5-7,9,17H,8H2,1-4H3,(H2,16,18). The highest BCUT2D eigenvalue weighted by Gasteiger charge is 2.25. The number of rotatable bonds is 6. The van der Waals surface area contributed by atoms with Gasteiger partial charge in [0.1, 0.15) is 5.75 Å². The van der Waals surface area contributed by atoms with Gasteiger partial charge in [-0.3, -0.25) is 4.79 Å². The van der Waals surface area contributed by atoms with Crippen LogP contribution < -0.4 is 15.8 Å². The van der Waals surface area contributed by atoms with Gasteiger partial charge in [-0.1, -0.05) is 6.07 Å². The van der Waals surface area contributed by atoms with Gasteiger partial charge >= 0.3 is 0 Å². The van der Waals surface area contributed by atoms with Gasteiger partial charge in [0.2, 0.25) is 5.91 Å². The second-order valence-corrected chi connectivity index (χ2v) is 6.10. The van der Waals surface area contributed by atoms with E-state index in [-0.39, 0.29) is 11.9 Å². The number of benzene rings is 1. The smallest absolute Gasteiger partial charge is 0.224 e. The van der Waals surface area contributed by atoms with E-state index >= 15 is 0 Å². The van der Waals surface area contributed by atoms with Gasteiger partial charge in [0.05, 0.1) is 17.0 Å². The Hall–Kier alpha value is -1.07. The number of ether oxygens (including phenoxy) is 1. The molecule has 1 amide bonds. The Morgan fingerprint density at radius 1 is 1.53 bits per heavy atom. The zero-order valence-electron chi connectivity index (χ0n) is 11.8. The normalized spacial score (nSPS) is 13.1. The zero-order valence-corrected chi connectivity index (χ0v) is 13.4. The molecule has 1 aromatic carbocycles. The second-order valence-electron chi connectivity index (χ2n) is 5.24. The molecule has 1 atom stereocenters. The molecule has 0 radical (unpaired) electrons. The molecule has 1 rings (SSSR count). The summed E-state index contributed by atoms with van der Waals surface area (Å²) in [5.74, 6) is 0.497. The average Bonchev–Trinajstić information content (AvgIpc) is 2.35. The Labute approximate surface area is 122 Å². The summed E-state index contributed by atoms with van der Waals surface area (Å²) in [5, 5.41) is 3.32. The summed E-state index contributed by atoms with van der Waals surface area (Å²) in [6, 6.07) is 6.05. The maximum absolute atomic E-state index is 11.3. The zero-order chi connectivity index (χ0) is 14.6. The van der Waals surface area contributed by atoms with Crippen LogP contribution in [0.15, 0.2) is 22.7 Å². The second kappa shape index (κ2) is 6.39. The third-order valence-electron chi connectivity index (χ3n) is 3.19. The minimum Gasteiger partial charge on any atom is -0.496 e. The highest BCUT2D eigenvalue weighted by Crippen LogP contribution is 2.28. The summed E-state index contributed by atoms with van der Waals surface area (Å²) >= 11 is 3.46. The molecule has 0 aliphatic carbocycles. The minimum atomic E-state index is -0.558. The Kier molecular flexibility index (Phi) is 5.38. The predicted octanol–water partition coefficient (Wildman–Crippen LogP) is 2.62. The van der Waals surface area contributed by atoms with Crippen LogP contribution in [0.2, 0.25) is 0 Å². The third kappa shape index (κ3) is 4.21. The number of hydrogen-bond donors (Lipinski definition) is 2. The molecule has 0 aliphatic rings. The third-order valence-corrected chi connectivity index (χ3v) is 3.81. The molecule has 5 heteroatoms. The highest BCUT2D eigenvalue weighted by atomic mass is 79.9. The first-order valence-electron chi connectivity index (χ1n) is 6.14. The number of amides is 1. The SMILES string of the molecule is COc1ccc(C(C)NCC(C)(C)C(N)=O)cc1Br. The largest absolute Gasteiger partial charge is 0.496 e. The van der Waals surface area contributed by atoms with Crippen molar-refractivity contribution in [1.29, 1.82) is 0 Å². The van der Waals surface area contributed by atoms with E-state index in [1.165, 1.54) is 0 Å². The van der Waals surface area contributed by atoms with Crippen molar-refractivity contribution >= 4 is 21.8 Å². The molecule has 1 unspecified atom stereocenters. The van der Waals surface area contributed by atoms with Crippen molar-refractivity contribution in [2.75, 3.05) is 13.7 Å². The van der Waals surface area contributed by atoms with Gasteiger partial charge < -0.3 is 15.8 Å². The Morgan fingerprint density at radius 2 is 2.16 bits per heavy atom. The van der Waals surface area contributed by atoms with E-state index in [1.807, 2.05) is 39.0 Å². The molecule has 0 saturated carbocycles. The summed E-state index contributed by atoms with van der Waals surface area (Å²) in [7, 11) is 1.64. The van der Waals surface area contributed by atoms with Gasteiger partial charge in [-0.05, 0) is 54.4 Å². The molecule has 19 heavy (non-hydrogen) atoms. The molecule has 0 saturated heterocycles. The maximum atomic E-state index is 11.3. The summed E-state index contributed by atoms with van der Waals surface area (Å²) in [5.41, 5.74) is 5.92. The lowest BCUT2D eigenvalue weighted by Gasteiger charge is -2.24. The molecule has 0 fully saturated rings. The van der Waals surface area contributed by atoms with Crippen molar-refractivity contribution in [3.8, 4) is 5.75 Å². The first kappa shape index (κ1) is 16.0. The molecule has 3 N–H and O–H groups in total. The number of primary amides is 1. The van der Waals surface area contributed by atoms with Crippen LogP contribution in [-0.4, -0.2) is 19.6 Å². The lowest BCUT2D eigenvalue weighted by atomic mass is 9.92. The molecule has 1 aromatic rings. The molecule has 0 aliphatic heterocycles. The van der Waals surface area contributed by atoms with E-state index in [0.717, 1.165) is 15.8 Å². The molecule has 0 aromatic heterocycles. The molecule has 106 valence electrons. The van der Waals surface area contributed by atoms with Crippen molar-refractivity contribution in [3.05, 3.63) is 28.2 Å². The number of nitrogens with one attached hydrogen (secondary N) is 1. The van der Waals surface area contributed by atoms with E-state index in [2.05, 4.69) is 21.2 Å². The van der Waals surface area contributed by atoms with E-state index in [9.17, 15) is 4.79 Å². The van der Waals surface area contributed by atoms with Crippen molar-refractivity contribution in [1.82, 2.24) is 5.32 Å². The van der Waals surface area contributed by atoms with Gasteiger partial charge in [0.15, 0.2) is 0 Å². The van der Waals surface area contributed by atoms with Crippen LogP contribution in [0.3, 0.4) is 0 Å². The van der Waals surface area contributed by atoms with Crippen LogP contribution >= 0.6 is 15.9 Å². The molecular weight excluding hydrogens is 308 g/mol. The summed E-state index contributed by atoms with van der Waals surface area (Å²) in [6.07, 6.45) is 0. The number of nitrogens with two attached hydrogens (primary N) is 1. The van der Waals surface area contributed by atoms with Crippen LogP contribution in [0.1, 0.15) is 32.4 Å². The fourth-order valence-electron chi connectivity index (χ4n) is 1.57. The fourth-order valence-corrected chi connectivity index (χ4v) is 2.12. The van der Waals surface area contributed by atoms with Crippen molar-refractivity contribution < 1.29 is 9.53 Å². The van der Waals surface area contributed by atoms with Crippen LogP contribution in [0.5, 0.6) is 5.75 Å². The van der Waals surface area contributed by atoms with E-state index in [1.54, 1.807) is 7.11 Å². The van der Waals surface area contributed by atoms with Crippen LogP contribution in [0.4, 0.5) is 0 Å². The summed E-state index contributed by atoms with van der Waals surface area (Å²) < 4.78 is 6.11. The molecule has 0 heterocycles. The molecule has 4 nitrogen and oxygen atoms in total. The maximum Gasteiger partial charge on any atom is 0.224 e. The number of carbonyl (C=O) groups is 1. The minimum absolute atomic E-state index is 0.126. The quantitative estimate of drug-likeness (QED) is 0.843. The van der Waals surface area contributed by atoms with Gasteiger partial charge in [-0.25, -0.2) is 0 Å². The Morgan fingerprint density at radius 3 is 2.63 bits per heavy atom. The molecular formula is C14H21BrN2O2. The van der Waals surface area contributed by atoms with E-state index in [4.69, 9.17) is 10.5 Å². The number of hydrogen-bond acceptors (Lipinski definition) is 3. The number of carbonyl (C=O) groups excluding carboxylic acids is 1. The van der Waals surface area contributed by atoms with Crippen molar-refractivity contribution in [2.45, 2.75) is 26.8 Å². The monoisotopic (exact) mass is 328 g/mol. The average molecular weight is 329 g/mol. The Balaban J connectivity index is 2.71. The first-order valence-corrected chi connectivity index (χ1v) is 6.94. The van der Waals surface area contributed by atoms with Gasteiger partial charge in [0, 0.05) is 12.6 Å². The highest BCUT2D eigenvalue weighted by molar-refractivity contribution is 9.10. The van der Waals surface area contributed by atoms with Gasteiger partial charge in [-0.15, -0.1) is 0 Å². The summed E-state index contributed by atoms with van der Waals surface area (Å²) in [4.78, 5) is 11.3. The Bertz CT molecular complexity index is 461. The number of methoxy groups -OCH3 is 1. The van der Waals surface area contributed by atoms with Crippen LogP contribution in [0.25, 0.3) is 0 Å². The van der Waals surface area contributed by atoms with Crippen LogP contribution in [0, 0.1) is 5.41 Å². The first-order chi connectivity index (χ1) is 8.77. The van der Waals surface area contributed by atoms with Gasteiger partial charge in [-0.2, -0.15) is 0 Å². The van der Waals surface area contributed by atoms with Crippen molar-refractivity contribution in [3.63, 3.8) is 0 Å². The topological polar surface area (TPSA) is 64.3 Å². The van der Waals surface area contributed by atoms with Gasteiger partial charge in [0.25, 0.3) is 0 Å². The molecule has 0 spiro atoms. The lowest BCUT2D eigenvalue weighted by molar-refractivity contribution is -0.125. The predicted molar refractivity (Wildman–Crippen MR) is 80.1 cm³/mol. The van der Waals surface area contributed by atoms with E-state index < -0.39 is 5.41 Å². The summed E-state index contributed by atoms with van der Waals surface area (Å²) in [6.45, 7) is 6.25. The van der Waals surface area contributed by atoms with Crippen LogP contribution in [-0.2, 0) is 4.79 Å². The molecule has 0 bridgehead atoms. The van der Waals surface area contributed by atoms with E-state index in [0.29, 0.717) is 6.54 Å².